The predicted molar refractivity (Wildman–Crippen MR) is 102 cm³/mol. The van der Waals surface area contributed by atoms with Gasteiger partial charge >= 0.3 is 5.97 Å². The molecule has 2 aromatic carbocycles. The highest BCUT2D eigenvalue weighted by Crippen LogP contribution is 2.36. The minimum atomic E-state index is -0.357. The summed E-state index contributed by atoms with van der Waals surface area (Å²) in [6.07, 6.45) is 0. The summed E-state index contributed by atoms with van der Waals surface area (Å²) in [5, 5.41) is 0. The first-order valence-electron chi connectivity index (χ1n) is 8.64. The van der Waals surface area contributed by atoms with Gasteiger partial charge in [-0.15, -0.1) is 0 Å². The van der Waals surface area contributed by atoms with Gasteiger partial charge in [0.2, 0.25) is 0 Å². The predicted octanol–water partition coefficient (Wildman–Crippen LogP) is 5.64. The van der Waals surface area contributed by atoms with Crippen molar-refractivity contribution in [1.82, 2.24) is 0 Å². The van der Waals surface area contributed by atoms with Crippen LogP contribution in [0.25, 0.3) is 0 Å². The lowest BCUT2D eigenvalue weighted by Gasteiger charge is -2.25. The third-order valence-corrected chi connectivity index (χ3v) is 4.33. The van der Waals surface area contributed by atoms with Crippen molar-refractivity contribution in [3.05, 3.63) is 58.7 Å². The Bertz CT molecular complexity index is 750. The van der Waals surface area contributed by atoms with Crippen molar-refractivity contribution in [2.45, 2.75) is 52.9 Å². The lowest BCUT2D eigenvalue weighted by molar-refractivity contribution is 0.0731. The maximum atomic E-state index is 12.6. The fourth-order valence-electron chi connectivity index (χ4n) is 2.88. The van der Waals surface area contributed by atoms with Crippen LogP contribution in [0.3, 0.4) is 0 Å². The molecule has 134 valence electrons. The molecule has 0 aliphatic rings. The summed E-state index contributed by atoms with van der Waals surface area (Å²) in [5.74, 6) is 1.41. The molecule has 0 radical (unpaired) electrons. The van der Waals surface area contributed by atoms with Crippen LogP contribution in [0.5, 0.6) is 11.5 Å². The average molecular weight is 340 g/mol. The molecule has 0 aromatic heterocycles. The maximum absolute atomic E-state index is 12.6. The smallest absolute Gasteiger partial charge is 0.343 e. The van der Waals surface area contributed by atoms with Gasteiger partial charge in [0.05, 0.1) is 12.7 Å². The molecule has 0 aliphatic carbocycles. The SMILES string of the molecule is COc1ccc(C(=O)Oc2cc(C)c(C(C)C)cc2C(C)(C)C)cc1. The summed E-state index contributed by atoms with van der Waals surface area (Å²) >= 11 is 0. The highest BCUT2D eigenvalue weighted by molar-refractivity contribution is 5.91. The van der Waals surface area contributed by atoms with Crippen LogP contribution < -0.4 is 9.47 Å². The number of methoxy groups -OCH3 is 1. The Morgan fingerprint density at radius 3 is 2.12 bits per heavy atom. The Balaban J connectivity index is 2.40. The molecule has 0 N–H and O–H groups in total. The van der Waals surface area contributed by atoms with E-state index in [2.05, 4.69) is 47.6 Å². The van der Waals surface area contributed by atoms with Gasteiger partial charge in [-0.3, -0.25) is 0 Å². The Hall–Kier alpha value is -2.29. The van der Waals surface area contributed by atoms with Crippen molar-refractivity contribution < 1.29 is 14.3 Å². The number of hydrogen-bond donors (Lipinski definition) is 0. The molecule has 3 nitrogen and oxygen atoms in total. The fraction of sp³-hybridized carbons (Fsp3) is 0.409. The Kier molecular flexibility index (Phi) is 5.56. The number of hydrogen-bond acceptors (Lipinski definition) is 3. The summed E-state index contributed by atoms with van der Waals surface area (Å²) < 4.78 is 10.9. The first-order valence-corrected chi connectivity index (χ1v) is 8.64. The molecule has 2 rings (SSSR count). The summed E-state index contributed by atoms with van der Waals surface area (Å²) in [6, 6.07) is 11.1. The zero-order chi connectivity index (χ0) is 18.8. The van der Waals surface area contributed by atoms with E-state index in [0.717, 1.165) is 11.1 Å². The third-order valence-electron chi connectivity index (χ3n) is 4.33. The number of carbonyl (C=O) groups excluding carboxylic acids is 1. The standard InChI is InChI=1S/C22H28O3/c1-14(2)18-13-19(22(4,5)6)20(12-15(18)3)25-21(23)16-8-10-17(24-7)11-9-16/h8-14H,1-7H3. The van der Waals surface area contributed by atoms with Crippen LogP contribution in [0.2, 0.25) is 0 Å². The second-order valence-corrected chi connectivity index (χ2v) is 7.73. The molecule has 2 aromatic rings. The van der Waals surface area contributed by atoms with Gasteiger partial charge in [-0.05, 0) is 59.7 Å². The van der Waals surface area contributed by atoms with Crippen molar-refractivity contribution in [3.63, 3.8) is 0 Å². The van der Waals surface area contributed by atoms with E-state index < -0.39 is 0 Å². The lowest BCUT2D eigenvalue weighted by atomic mass is 9.82. The Morgan fingerprint density at radius 2 is 1.64 bits per heavy atom. The zero-order valence-corrected chi connectivity index (χ0v) is 16.3. The van der Waals surface area contributed by atoms with E-state index in [1.807, 2.05) is 6.07 Å². The number of esters is 1. The van der Waals surface area contributed by atoms with Gasteiger partial charge in [0.1, 0.15) is 11.5 Å². The third kappa shape index (κ3) is 4.41. The van der Waals surface area contributed by atoms with Crippen LogP contribution in [0, 0.1) is 6.92 Å². The van der Waals surface area contributed by atoms with Gasteiger partial charge in [0, 0.05) is 5.56 Å². The number of carbonyl (C=O) groups is 1. The molecule has 0 atom stereocenters. The molecule has 0 fully saturated rings. The molecule has 0 saturated carbocycles. The summed E-state index contributed by atoms with van der Waals surface area (Å²) in [5.41, 5.74) is 3.86. The molecule has 0 amide bonds. The van der Waals surface area contributed by atoms with Crippen LogP contribution in [-0.2, 0) is 5.41 Å². The van der Waals surface area contributed by atoms with Crippen molar-refractivity contribution in [2.75, 3.05) is 7.11 Å². The highest BCUT2D eigenvalue weighted by atomic mass is 16.5. The van der Waals surface area contributed by atoms with E-state index in [0.29, 0.717) is 23.0 Å². The van der Waals surface area contributed by atoms with Crippen molar-refractivity contribution >= 4 is 5.97 Å². The molecule has 0 heterocycles. The topological polar surface area (TPSA) is 35.5 Å². The van der Waals surface area contributed by atoms with Gasteiger partial charge < -0.3 is 9.47 Å². The Morgan fingerprint density at radius 1 is 1.04 bits per heavy atom. The minimum absolute atomic E-state index is 0.118. The second kappa shape index (κ2) is 7.30. The first-order chi connectivity index (χ1) is 11.6. The molecular formula is C22H28O3. The number of benzene rings is 2. The van der Waals surface area contributed by atoms with Crippen molar-refractivity contribution in [3.8, 4) is 11.5 Å². The monoisotopic (exact) mass is 340 g/mol. The van der Waals surface area contributed by atoms with Crippen LogP contribution in [0.4, 0.5) is 0 Å². The van der Waals surface area contributed by atoms with Gasteiger partial charge in [0.15, 0.2) is 0 Å². The quantitative estimate of drug-likeness (QED) is 0.533. The maximum Gasteiger partial charge on any atom is 0.343 e. The van der Waals surface area contributed by atoms with Crippen LogP contribution in [0.1, 0.15) is 67.6 Å². The lowest BCUT2D eigenvalue weighted by Crippen LogP contribution is -2.17. The second-order valence-electron chi connectivity index (χ2n) is 7.73. The molecule has 0 saturated heterocycles. The van der Waals surface area contributed by atoms with E-state index in [1.165, 1.54) is 5.56 Å². The molecular weight excluding hydrogens is 312 g/mol. The van der Waals surface area contributed by atoms with Crippen LogP contribution in [0.15, 0.2) is 36.4 Å². The van der Waals surface area contributed by atoms with Gasteiger partial charge in [-0.2, -0.15) is 0 Å². The molecule has 0 spiro atoms. The van der Waals surface area contributed by atoms with E-state index >= 15 is 0 Å². The molecule has 3 heteroatoms. The summed E-state index contributed by atoms with van der Waals surface area (Å²) in [4.78, 5) is 12.6. The first kappa shape index (κ1) is 19.0. The van der Waals surface area contributed by atoms with Crippen molar-refractivity contribution in [2.24, 2.45) is 0 Å². The van der Waals surface area contributed by atoms with E-state index in [4.69, 9.17) is 9.47 Å². The highest BCUT2D eigenvalue weighted by Gasteiger charge is 2.23. The zero-order valence-electron chi connectivity index (χ0n) is 16.3. The van der Waals surface area contributed by atoms with E-state index in [1.54, 1.807) is 31.4 Å². The van der Waals surface area contributed by atoms with E-state index in [9.17, 15) is 4.79 Å². The average Bonchev–Trinajstić information content (AvgIpc) is 2.53. The minimum Gasteiger partial charge on any atom is -0.497 e. The van der Waals surface area contributed by atoms with Crippen LogP contribution in [-0.4, -0.2) is 13.1 Å². The Labute approximate surface area is 151 Å². The number of ether oxygens (including phenoxy) is 2. The van der Waals surface area contributed by atoms with Crippen molar-refractivity contribution in [1.29, 1.82) is 0 Å². The number of aryl methyl sites for hydroxylation is 1. The van der Waals surface area contributed by atoms with Crippen LogP contribution >= 0.6 is 0 Å². The molecule has 0 bridgehead atoms. The summed E-state index contributed by atoms with van der Waals surface area (Å²) in [7, 11) is 1.60. The summed E-state index contributed by atoms with van der Waals surface area (Å²) in [6.45, 7) is 12.8. The van der Waals surface area contributed by atoms with Gasteiger partial charge in [0.25, 0.3) is 0 Å². The van der Waals surface area contributed by atoms with Gasteiger partial charge in [-0.1, -0.05) is 40.7 Å². The number of rotatable bonds is 4. The molecule has 0 unspecified atom stereocenters. The van der Waals surface area contributed by atoms with E-state index in [-0.39, 0.29) is 11.4 Å². The molecule has 25 heavy (non-hydrogen) atoms. The normalized spacial score (nSPS) is 11.5. The fourth-order valence-corrected chi connectivity index (χ4v) is 2.88. The largest absolute Gasteiger partial charge is 0.497 e. The van der Waals surface area contributed by atoms with Gasteiger partial charge in [-0.25, -0.2) is 4.79 Å². The molecule has 0 aliphatic heterocycles.